The molecule has 0 bridgehead atoms. The van der Waals surface area contributed by atoms with Crippen molar-refractivity contribution in [2.24, 2.45) is 0 Å². The molecule has 1 atom stereocenters. The second-order valence-corrected chi connectivity index (χ2v) is 2.84. The number of carbonyl (C=O) groups is 1. The fourth-order valence-electron chi connectivity index (χ4n) is 1.06. The molecular formula is C8H10ClNO3. The number of ether oxygens (including phenoxy) is 2. The van der Waals surface area contributed by atoms with Crippen LogP contribution >= 0.6 is 11.6 Å². The molecule has 1 unspecified atom stereocenters. The van der Waals surface area contributed by atoms with Crippen molar-refractivity contribution in [2.75, 3.05) is 14.2 Å². The largest absolute Gasteiger partial charge is 0.495 e. The van der Waals surface area contributed by atoms with Crippen molar-refractivity contribution in [1.82, 2.24) is 5.32 Å². The van der Waals surface area contributed by atoms with Crippen molar-refractivity contribution in [3.05, 3.63) is 23.1 Å². The van der Waals surface area contributed by atoms with Crippen LogP contribution in [-0.4, -0.2) is 26.2 Å². The molecule has 0 aromatic rings. The number of nitrogens with one attached hydrogen (secondary N) is 1. The molecule has 1 rings (SSSR count). The molecule has 0 radical (unpaired) electrons. The third-order valence-electron chi connectivity index (χ3n) is 1.76. The summed E-state index contributed by atoms with van der Waals surface area (Å²) in [6, 6.07) is 0. The van der Waals surface area contributed by atoms with E-state index in [4.69, 9.17) is 21.1 Å². The van der Waals surface area contributed by atoms with Gasteiger partial charge in [-0.2, -0.15) is 0 Å². The topological polar surface area (TPSA) is 47.6 Å². The smallest absolute Gasteiger partial charge is 0.255 e. The van der Waals surface area contributed by atoms with Gasteiger partial charge in [0.2, 0.25) is 0 Å². The van der Waals surface area contributed by atoms with Crippen LogP contribution < -0.4 is 5.32 Å². The molecule has 5 heteroatoms. The summed E-state index contributed by atoms with van der Waals surface area (Å²) >= 11 is 5.69. The van der Waals surface area contributed by atoms with E-state index in [0.29, 0.717) is 17.2 Å². The number of halogens is 1. The number of dihydropyridines is 1. The van der Waals surface area contributed by atoms with Crippen LogP contribution in [0, 0.1) is 0 Å². The highest BCUT2D eigenvalue weighted by Gasteiger charge is 2.37. The summed E-state index contributed by atoms with van der Waals surface area (Å²) in [6.45, 7) is 0. The van der Waals surface area contributed by atoms with E-state index in [2.05, 4.69) is 5.32 Å². The number of aldehydes is 1. The molecule has 13 heavy (non-hydrogen) atoms. The second kappa shape index (κ2) is 3.81. The lowest BCUT2D eigenvalue weighted by Gasteiger charge is -2.31. The fraction of sp³-hybridized carbons (Fsp3) is 0.375. The highest BCUT2D eigenvalue weighted by atomic mass is 35.5. The monoisotopic (exact) mass is 203 g/mol. The van der Waals surface area contributed by atoms with Gasteiger partial charge in [0.05, 0.1) is 7.11 Å². The molecule has 4 nitrogen and oxygen atoms in total. The number of methoxy groups -OCH3 is 2. The summed E-state index contributed by atoms with van der Waals surface area (Å²) in [5.41, 5.74) is -1.29. The van der Waals surface area contributed by atoms with Gasteiger partial charge < -0.3 is 14.8 Å². The fourth-order valence-corrected chi connectivity index (χ4v) is 1.26. The zero-order valence-corrected chi connectivity index (χ0v) is 8.09. The molecule has 0 saturated carbocycles. The van der Waals surface area contributed by atoms with Crippen LogP contribution in [0.25, 0.3) is 0 Å². The van der Waals surface area contributed by atoms with Crippen molar-refractivity contribution in [3.63, 3.8) is 0 Å². The molecule has 1 heterocycles. The van der Waals surface area contributed by atoms with Gasteiger partial charge in [-0.3, -0.25) is 4.79 Å². The Hall–Kier alpha value is -1.00. The molecule has 0 amide bonds. The Bertz CT molecular complexity index is 275. The lowest BCUT2D eigenvalue weighted by molar-refractivity contribution is -0.130. The Morgan fingerprint density at radius 1 is 1.54 bits per heavy atom. The van der Waals surface area contributed by atoms with Crippen LogP contribution in [-0.2, 0) is 14.3 Å². The minimum Gasteiger partial charge on any atom is -0.495 e. The van der Waals surface area contributed by atoms with Gasteiger partial charge in [-0.15, -0.1) is 0 Å². The molecule has 0 saturated heterocycles. The van der Waals surface area contributed by atoms with E-state index < -0.39 is 5.72 Å². The third kappa shape index (κ3) is 1.68. The maximum Gasteiger partial charge on any atom is 0.255 e. The zero-order valence-electron chi connectivity index (χ0n) is 7.33. The quantitative estimate of drug-likeness (QED) is 0.543. The van der Waals surface area contributed by atoms with Crippen molar-refractivity contribution >= 4 is 17.9 Å². The van der Waals surface area contributed by atoms with Gasteiger partial charge in [-0.1, -0.05) is 11.6 Å². The highest BCUT2D eigenvalue weighted by Crippen LogP contribution is 2.23. The molecule has 1 aliphatic rings. The average Bonchev–Trinajstić information content (AvgIpc) is 2.17. The van der Waals surface area contributed by atoms with Crippen molar-refractivity contribution in [1.29, 1.82) is 0 Å². The Morgan fingerprint density at radius 2 is 2.23 bits per heavy atom. The zero-order chi connectivity index (χ0) is 9.90. The van der Waals surface area contributed by atoms with Crippen molar-refractivity contribution in [2.45, 2.75) is 5.72 Å². The lowest BCUT2D eigenvalue weighted by Crippen LogP contribution is -2.50. The summed E-state index contributed by atoms with van der Waals surface area (Å²) in [5.74, 6) is 0.370. The molecular weight excluding hydrogens is 194 g/mol. The number of hydrogen-bond acceptors (Lipinski definition) is 4. The van der Waals surface area contributed by atoms with E-state index in [9.17, 15) is 4.79 Å². The Labute approximate surface area is 81.2 Å². The number of carbonyl (C=O) groups excluding carboxylic acids is 1. The molecule has 72 valence electrons. The van der Waals surface area contributed by atoms with E-state index in [1.165, 1.54) is 14.2 Å². The first-order chi connectivity index (χ1) is 6.18. The first kappa shape index (κ1) is 10.1. The highest BCUT2D eigenvalue weighted by molar-refractivity contribution is 6.29. The van der Waals surface area contributed by atoms with Gasteiger partial charge in [-0.25, -0.2) is 0 Å². The van der Waals surface area contributed by atoms with Crippen LogP contribution in [0.15, 0.2) is 23.1 Å². The number of hydrogen-bond donors (Lipinski definition) is 1. The summed E-state index contributed by atoms with van der Waals surface area (Å²) in [5, 5.41) is 3.00. The summed E-state index contributed by atoms with van der Waals surface area (Å²) in [6.07, 6.45) is 3.76. The average molecular weight is 204 g/mol. The predicted octanol–water partition coefficient (Wildman–Crippen LogP) is 0.742. The first-order valence-corrected chi connectivity index (χ1v) is 3.98. The van der Waals surface area contributed by atoms with Crippen LogP contribution in [0.4, 0.5) is 0 Å². The maximum atomic E-state index is 10.8. The van der Waals surface area contributed by atoms with Gasteiger partial charge in [0.1, 0.15) is 5.16 Å². The number of rotatable bonds is 3. The van der Waals surface area contributed by atoms with Gasteiger partial charge >= 0.3 is 0 Å². The van der Waals surface area contributed by atoms with Crippen LogP contribution in [0.1, 0.15) is 0 Å². The van der Waals surface area contributed by atoms with Gasteiger partial charge in [0, 0.05) is 7.11 Å². The van der Waals surface area contributed by atoms with Gasteiger partial charge in [0.15, 0.2) is 12.0 Å². The van der Waals surface area contributed by atoms with E-state index in [1.54, 1.807) is 12.2 Å². The maximum absolute atomic E-state index is 10.8. The van der Waals surface area contributed by atoms with Crippen LogP contribution in [0.3, 0.4) is 0 Å². The lowest BCUT2D eigenvalue weighted by atomic mass is 10.1. The summed E-state index contributed by atoms with van der Waals surface area (Å²) < 4.78 is 9.98. The molecule has 1 aliphatic heterocycles. The Morgan fingerprint density at radius 3 is 2.69 bits per heavy atom. The number of allylic oxidation sites excluding steroid dienone is 2. The minimum atomic E-state index is -1.29. The van der Waals surface area contributed by atoms with Crippen LogP contribution in [0.2, 0.25) is 0 Å². The predicted molar refractivity (Wildman–Crippen MR) is 48.0 cm³/mol. The second-order valence-electron chi connectivity index (χ2n) is 2.43. The van der Waals surface area contributed by atoms with Crippen molar-refractivity contribution in [3.8, 4) is 0 Å². The third-order valence-corrected chi connectivity index (χ3v) is 1.98. The SMILES string of the molecule is COC1=CC=C(Cl)NC1(C=O)OC. The molecule has 0 aromatic carbocycles. The molecule has 0 aliphatic carbocycles. The van der Waals surface area contributed by atoms with E-state index >= 15 is 0 Å². The van der Waals surface area contributed by atoms with Gasteiger partial charge in [0.25, 0.3) is 5.72 Å². The minimum absolute atomic E-state index is 0.328. The summed E-state index contributed by atoms with van der Waals surface area (Å²) in [4.78, 5) is 10.8. The van der Waals surface area contributed by atoms with E-state index in [0.717, 1.165) is 0 Å². The Balaban J connectivity index is 3.04. The summed E-state index contributed by atoms with van der Waals surface area (Å²) in [7, 11) is 2.85. The standard InChI is InChI=1S/C8H10ClNO3/c1-12-6-3-4-7(9)10-8(6,5-11)13-2/h3-5,10H,1-2H3. The van der Waals surface area contributed by atoms with Gasteiger partial charge in [-0.05, 0) is 12.2 Å². The van der Waals surface area contributed by atoms with E-state index in [-0.39, 0.29) is 0 Å². The van der Waals surface area contributed by atoms with Crippen LogP contribution in [0.5, 0.6) is 0 Å². The van der Waals surface area contributed by atoms with E-state index in [1.807, 2.05) is 0 Å². The normalized spacial score (nSPS) is 27.0. The molecule has 0 spiro atoms. The first-order valence-electron chi connectivity index (χ1n) is 3.60. The Kier molecular flexibility index (Phi) is 2.95. The molecule has 0 aromatic heterocycles. The van der Waals surface area contributed by atoms with Crippen molar-refractivity contribution < 1.29 is 14.3 Å². The molecule has 0 fully saturated rings. The molecule has 1 N–H and O–H groups in total.